The van der Waals surface area contributed by atoms with Crippen molar-refractivity contribution in [2.75, 3.05) is 6.61 Å². The molecular weight excluding hydrogens is 344 g/mol. The molecule has 3 aromatic carbocycles. The Morgan fingerprint density at radius 1 is 0.714 bits per heavy atom. The molecule has 4 rings (SSSR count). The van der Waals surface area contributed by atoms with Gasteiger partial charge in [-0.05, 0) is 35.1 Å². The lowest BCUT2D eigenvalue weighted by Crippen LogP contribution is -1.99. The zero-order valence-electron chi connectivity index (χ0n) is 15.8. The van der Waals surface area contributed by atoms with Gasteiger partial charge in [0.2, 0.25) is 0 Å². The maximum atomic E-state index is 5.87. The van der Waals surface area contributed by atoms with Gasteiger partial charge in [-0.2, -0.15) is 0 Å². The molecule has 0 aliphatic carbocycles. The van der Waals surface area contributed by atoms with Crippen LogP contribution in [0.2, 0.25) is 0 Å². The zero-order valence-corrected chi connectivity index (χ0v) is 15.8. The lowest BCUT2D eigenvalue weighted by atomic mass is 10.0. The van der Waals surface area contributed by atoms with E-state index in [1.54, 1.807) is 6.33 Å². The lowest BCUT2D eigenvalue weighted by molar-refractivity contribution is 0.118. The minimum absolute atomic E-state index is 0.640. The first kappa shape index (κ1) is 18.2. The highest BCUT2D eigenvalue weighted by Gasteiger charge is 2.07. The molecule has 1 N–H and O–H groups in total. The quantitative estimate of drug-likeness (QED) is 0.394. The number of aryl methyl sites for hydroxylation is 1. The Labute approximate surface area is 166 Å². The van der Waals surface area contributed by atoms with E-state index in [-0.39, 0.29) is 0 Å². The molecular formula is C25H24N2O. The standard InChI is InChI=1S/C25H24N2O/c1-3-8-21(9-4-1)22-15-13-20(14-16-22)18-28-17-7-12-24-25(27-19-26-24)23-10-5-2-6-11-23/h1-6,8-11,13-16,19H,7,12,17-18H2,(H,26,27). The molecule has 0 saturated heterocycles. The second kappa shape index (κ2) is 9.16. The van der Waals surface area contributed by atoms with Crippen molar-refractivity contribution in [1.29, 1.82) is 0 Å². The van der Waals surface area contributed by atoms with Crippen LogP contribution in [0.4, 0.5) is 0 Å². The van der Waals surface area contributed by atoms with E-state index in [1.807, 2.05) is 24.3 Å². The van der Waals surface area contributed by atoms with Crippen molar-refractivity contribution in [3.05, 3.63) is 103 Å². The summed E-state index contributed by atoms with van der Waals surface area (Å²) < 4.78 is 5.87. The number of imidazole rings is 1. The number of nitrogens with zero attached hydrogens (tertiary/aromatic N) is 1. The van der Waals surface area contributed by atoms with Gasteiger partial charge in [0.05, 0.1) is 24.3 Å². The third-order valence-electron chi connectivity index (χ3n) is 4.81. The van der Waals surface area contributed by atoms with E-state index in [9.17, 15) is 0 Å². The molecule has 0 radical (unpaired) electrons. The molecule has 0 fully saturated rings. The van der Waals surface area contributed by atoms with Gasteiger partial charge in [-0.1, -0.05) is 84.9 Å². The van der Waals surface area contributed by atoms with E-state index in [0.29, 0.717) is 6.61 Å². The molecule has 0 atom stereocenters. The predicted octanol–water partition coefficient (Wildman–Crippen LogP) is 5.89. The molecule has 0 saturated carbocycles. The van der Waals surface area contributed by atoms with E-state index in [2.05, 4.69) is 70.6 Å². The van der Waals surface area contributed by atoms with Crippen molar-refractivity contribution in [3.8, 4) is 22.4 Å². The van der Waals surface area contributed by atoms with E-state index in [1.165, 1.54) is 22.3 Å². The van der Waals surface area contributed by atoms with Gasteiger partial charge in [-0.3, -0.25) is 0 Å². The van der Waals surface area contributed by atoms with Crippen molar-refractivity contribution >= 4 is 0 Å². The number of H-pyrrole nitrogens is 1. The topological polar surface area (TPSA) is 37.9 Å². The average Bonchev–Trinajstić information content (AvgIpc) is 3.24. The summed E-state index contributed by atoms with van der Waals surface area (Å²) in [5, 5.41) is 0. The SMILES string of the molecule is c1ccc(-c2ccc(COCCCc3nc[nH]c3-c3ccccc3)cc2)cc1. The van der Waals surface area contributed by atoms with Gasteiger partial charge in [0.1, 0.15) is 0 Å². The van der Waals surface area contributed by atoms with Crippen LogP contribution in [0.1, 0.15) is 17.7 Å². The van der Waals surface area contributed by atoms with Gasteiger partial charge in [0, 0.05) is 6.61 Å². The number of hydrogen-bond acceptors (Lipinski definition) is 2. The fourth-order valence-electron chi connectivity index (χ4n) is 3.32. The van der Waals surface area contributed by atoms with Crippen LogP contribution in [-0.4, -0.2) is 16.6 Å². The van der Waals surface area contributed by atoms with E-state index in [0.717, 1.165) is 30.8 Å². The third kappa shape index (κ3) is 4.56. The van der Waals surface area contributed by atoms with Crippen molar-refractivity contribution in [3.63, 3.8) is 0 Å². The number of rotatable bonds is 8. The van der Waals surface area contributed by atoms with Crippen LogP contribution in [0, 0.1) is 0 Å². The van der Waals surface area contributed by atoms with Crippen LogP contribution in [0.3, 0.4) is 0 Å². The summed E-state index contributed by atoms with van der Waals surface area (Å²) in [5.41, 5.74) is 7.05. The molecule has 28 heavy (non-hydrogen) atoms. The maximum Gasteiger partial charge on any atom is 0.0927 e. The van der Waals surface area contributed by atoms with Crippen LogP contribution in [-0.2, 0) is 17.8 Å². The Morgan fingerprint density at radius 3 is 2.07 bits per heavy atom. The van der Waals surface area contributed by atoms with Crippen LogP contribution in [0.5, 0.6) is 0 Å². The van der Waals surface area contributed by atoms with E-state index >= 15 is 0 Å². The summed E-state index contributed by atoms with van der Waals surface area (Å²) in [6.45, 7) is 1.36. The fraction of sp³-hybridized carbons (Fsp3) is 0.160. The predicted molar refractivity (Wildman–Crippen MR) is 114 cm³/mol. The summed E-state index contributed by atoms with van der Waals surface area (Å²) in [6, 6.07) is 29.4. The Morgan fingerprint density at radius 2 is 1.36 bits per heavy atom. The highest BCUT2D eigenvalue weighted by Crippen LogP contribution is 2.21. The summed E-state index contributed by atoms with van der Waals surface area (Å²) in [7, 11) is 0. The summed E-state index contributed by atoms with van der Waals surface area (Å²) >= 11 is 0. The van der Waals surface area contributed by atoms with E-state index in [4.69, 9.17) is 4.74 Å². The zero-order chi connectivity index (χ0) is 19.0. The van der Waals surface area contributed by atoms with Crippen LogP contribution < -0.4 is 0 Å². The van der Waals surface area contributed by atoms with Crippen molar-refractivity contribution in [2.45, 2.75) is 19.4 Å². The highest BCUT2D eigenvalue weighted by atomic mass is 16.5. The van der Waals surface area contributed by atoms with Crippen LogP contribution >= 0.6 is 0 Å². The van der Waals surface area contributed by atoms with Gasteiger partial charge in [-0.15, -0.1) is 0 Å². The molecule has 0 bridgehead atoms. The Kier molecular flexibility index (Phi) is 5.95. The molecule has 4 aromatic rings. The maximum absolute atomic E-state index is 5.87. The normalized spacial score (nSPS) is 10.9. The second-order valence-electron chi connectivity index (χ2n) is 6.81. The van der Waals surface area contributed by atoms with Gasteiger partial charge < -0.3 is 9.72 Å². The number of ether oxygens (including phenoxy) is 1. The van der Waals surface area contributed by atoms with Gasteiger partial charge in [0.15, 0.2) is 0 Å². The number of nitrogens with one attached hydrogen (secondary N) is 1. The number of benzene rings is 3. The van der Waals surface area contributed by atoms with E-state index < -0.39 is 0 Å². The van der Waals surface area contributed by atoms with Crippen LogP contribution in [0.25, 0.3) is 22.4 Å². The van der Waals surface area contributed by atoms with Gasteiger partial charge >= 0.3 is 0 Å². The monoisotopic (exact) mass is 368 g/mol. The average molecular weight is 368 g/mol. The first-order chi connectivity index (χ1) is 13.9. The number of aromatic nitrogens is 2. The molecule has 0 aliphatic heterocycles. The molecule has 3 nitrogen and oxygen atoms in total. The Hall–Kier alpha value is -3.17. The number of aromatic amines is 1. The highest BCUT2D eigenvalue weighted by molar-refractivity contribution is 5.63. The molecule has 1 aromatic heterocycles. The van der Waals surface area contributed by atoms with Crippen molar-refractivity contribution in [2.24, 2.45) is 0 Å². The summed E-state index contributed by atoms with van der Waals surface area (Å²) in [4.78, 5) is 7.73. The van der Waals surface area contributed by atoms with Crippen LogP contribution in [0.15, 0.2) is 91.3 Å². The molecule has 1 heterocycles. The lowest BCUT2D eigenvalue weighted by Gasteiger charge is -2.07. The molecule has 0 aliphatic rings. The smallest absolute Gasteiger partial charge is 0.0927 e. The molecule has 140 valence electrons. The molecule has 0 amide bonds. The fourth-order valence-corrected chi connectivity index (χ4v) is 3.32. The van der Waals surface area contributed by atoms with Crippen molar-refractivity contribution in [1.82, 2.24) is 9.97 Å². The Bertz CT molecular complexity index is 976. The molecule has 0 spiro atoms. The first-order valence-corrected chi connectivity index (χ1v) is 9.70. The van der Waals surface area contributed by atoms with Gasteiger partial charge in [0.25, 0.3) is 0 Å². The first-order valence-electron chi connectivity index (χ1n) is 9.70. The largest absolute Gasteiger partial charge is 0.377 e. The minimum atomic E-state index is 0.640. The third-order valence-corrected chi connectivity index (χ3v) is 4.81. The Balaban J connectivity index is 1.24. The summed E-state index contributed by atoms with van der Waals surface area (Å²) in [6.07, 6.45) is 3.63. The number of hydrogen-bond donors (Lipinski definition) is 1. The molecule has 0 unspecified atom stereocenters. The van der Waals surface area contributed by atoms with Gasteiger partial charge in [-0.25, -0.2) is 4.98 Å². The van der Waals surface area contributed by atoms with Crippen molar-refractivity contribution < 1.29 is 4.74 Å². The molecule has 3 heteroatoms. The second-order valence-corrected chi connectivity index (χ2v) is 6.81. The minimum Gasteiger partial charge on any atom is -0.377 e. The summed E-state index contributed by atoms with van der Waals surface area (Å²) in [5.74, 6) is 0.